The zero-order chi connectivity index (χ0) is 22.8. The van der Waals surface area contributed by atoms with Gasteiger partial charge in [-0.25, -0.2) is 4.79 Å². The van der Waals surface area contributed by atoms with Crippen molar-refractivity contribution < 1.29 is 29.0 Å². The maximum atomic E-state index is 12.2. The van der Waals surface area contributed by atoms with E-state index in [0.717, 1.165) is 0 Å². The Labute approximate surface area is 181 Å². The lowest BCUT2D eigenvalue weighted by molar-refractivity contribution is -0.133. The summed E-state index contributed by atoms with van der Waals surface area (Å²) in [5.74, 6) is -0.877. The number of benzene rings is 2. The molecule has 0 bridgehead atoms. The minimum absolute atomic E-state index is 0.00618. The highest BCUT2D eigenvalue weighted by Crippen LogP contribution is 2.28. The zero-order valence-corrected chi connectivity index (χ0v) is 17.8. The Morgan fingerprint density at radius 1 is 1.06 bits per heavy atom. The second kappa shape index (κ2) is 11.4. The van der Waals surface area contributed by atoms with E-state index in [2.05, 4.69) is 5.32 Å². The smallest absolute Gasteiger partial charge is 0.337 e. The molecule has 0 aliphatic rings. The van der Waals surface area contributed by atoms with E-state index in [9.17, 15) is 19.5 Å². The van der Waals surface area contributed by atoms with Crippen molar-refractivity contribution in [3.63, 3.8) is 0 Å². The first-order chi connectivity index (χ1) is 14.9. The number of ether oxygens (including phenoxy) is 2. The van der Waals surface area contributed by atoms with Gasteiger partial charge in [0.15, 0.2) is 18.1 Å². The summed E-state index contributed by atoms with van der Waals surface area (Å²) >= 11 is 0. The SMILES string of the molecule is CCN(CC)C(=O)COc1ccc(/C=C/C(=O)Nc2ccccc2C(=O)O)cc1OC. The Kier molecular flexibility index (Phi) is 8.63. The lowest BCUT2D eigenvalue weighted by atomic mass is 10.1. The number of carboxylic acids is 1. The van der Waals surface area contributed by atoms with Crippen LogP contribution >= 0.6 is 0 Å². The first-order valence-electron chi connectivity index (χ1n) is 9.79. The molecule has 0 heterocycles. The second-order valence-electron chi connectivity index (χ2n) is 6.44. The van der Waals surface area contributed by atoms with Crippen molar-refractivity contribution in [1.29, 1.82) is 0 Å². The largest absolute Gasteiger partial charge is 0.493 e. The number of carbonyl (C=O) groups excluding carboxylic acids is 2. The molecule has 31 heavy (non-hydrogen) atoms. The van der Waals surface area contributed by atoms with Gasteiger partial charge >= 0.3 is 5.97 Å². The number of nitrogens with one attached hydrogen (secondary N) is 1. The molecule has 0 radical (unpaired) electrons. The van der Waals surface area contributed by atoms with E-state index < -0.39 is 11.9 Å². The van der Waals surface area contributed by atoms with Gasteiger partial charge in [-0.15, -0.1) is 0 Å². The van der Waals surface area contributed by atoms with Crippen LogP contribution in [0.25, 0.3) is 6.08 Å². The van der Waals surface area contributed by atoms with Crippen LogP contribution in [0.5, 0.6) is 11.5 Å². The Hall–Kier alpha value is -3.81. The molecule has 2 amide bonds. The van der Waals surface area contributed by atoms with Gasteiger partial charge in [-0.1, -0.05) is 18.2 Å². The van der Waals surface area contributed by atoms with Crippen molar-refractivity contribution >= 4 is 29.5 Å². The molecule has 0 saturated carbocycles. The average molecular weight is 426 g/mol. The minimum atomic E-state index is -1.13. The summed E-state index contributed by atoms with van der Waals surface area (Å²) in [6.07, 6.45) is 2.85. The molecule has 2 aromatic carbocycles. The van der Waals surface area contributed by atoms with Crippen molar-refractivity contribution in [3.8, 4) is 11.5 Å². The van der Waals surface area contributed by atoms with Crippen molar-refractivity contribution in [2.45, 2.75) is 13.8 Å². The quantitative estimate of drug-likeness (QED) is 0.565. The number of likely N-dealkylation sites (N-methyl/N-ethyl adjacent to an activating group) is 1. The van der Waals surface area contributed by atoms with E-state index in [-0.39, 0.29) is 23.8 Å². The maximum Gasteiger partial charge on any atom is 0.337 e. The summed E-state index contributed by atoms with van der Waals surface area (Å²) in [7, 11) is 1.48. The number of amides is 2. The molecule has 2 N–H and O–H groups in total. The monoisotopic (exact) mass is 426 g/mol. The van der Waals surface area contributed by atoms with Gasteiger partial charge < -0.3 is 24.8 Å². The summed E-state index contributed by atoms with van der Waals surface area (Å²) < 4.78 is 10.9. The summed E-state index contributed by atoms with van der Waals surface area (Å²) in [4.78, 5) is 37.2. The first-order valence-corrected chi connectivity index (χ1v) is 9.79. The highest BCUT2D eigenvalue weighted by Gasteiger charge is 2.13. The molecule has 0 atom stereocenters. The molecule has 164 valence electrons. The van der Waals surface area contributed by atoms with E-state index in [4.69, 9.17) is 9.47 Å². The molecule has 2 aromatic rings. The Bertz CT molecular complexity index is 966. The third-order valence-corrected chi connectivity index (χ3v) is 4.50. The number of aromatic carboxylic acids is 1. The highest BCUT2D eigenvalue weighted by atomic mass is 16.5. The molecule has 2 rings (SSSR count). The number of hydrogen-bond donors (Lipinski definition) is 2. The van der Waals surface area contributed by atoms with Crippen molar-refractivity contribution in [2.75, 3.05) is 32.1 Å². The van der Waals surface area contributed by atoms with Crippen molar-refractivity contribution in [3.05, 3.63) is 59.7 Å². The van der Waals surface area contributed by atoms with Crippen molar-refractivity contribution in [2.24, 2.45) is 0 Å². The number of para-hydroxylation sites is 1. The van der Waals surface area contributed by atoms with Gasteiger partial charge in [0.25, 0.3) is 5.91 Å². The average Bonchev–Trinajstić information content (AvgIpc) is 2.77. The van der Waals surface area contributed by atoms with Gasteiger partial charge in [0, 0.05) is 19.2 Å². The van der Waals surface area contributed by atoms with Crippen LogP contribution < -0.4 is 14.8 Å². The van der Waals surface area contributed by atoms with Gasteiger partial charge in [-0.2, -0.15) is 0 Å². The van der Waals surface area contributed by atoms with Gasteiger partial charge in [-0.3, -0.25) is 9.59 Å². The van der Waals surface area contributed by atoms with Gasteiger partial charge in [0.2, 0.25) is 5.91 Å². The number of nitrogens with zero attached hydrogens (tertiary/aromatic N) is 1. The van der Waals surface area contributed by atoms with E-state index in [0.29, 0.717) is 30.2 Å². The topological polar surface area (TPSA) is 105 Å². The van der Waals surface area contributed by atoms with Crippen molar-refractivity contribution in [1.82, 2.24) is 4.90 Å². The molecular formula is C23H26N2O6. The fraction of sp³-hybridized carbons (Fsp3) is 0.261. The first kappa shape index (κ1) is 23.5. The van der Waals surface area contributed by atoms with E-state index >= 15 is 0 Å². The molecule has 0 aliphatic carbocycles. The number of methoxy groups -OCH3 is 1. The van der Waals surface area contributed by atoms with Crippen LogP contribution in [-0.4, -0.2) is 54.6 Å². The van der Waals surface area contributed by atoms with Crippen LogP contribution in [0.15, 0.2) is 48.5 Å². The molecule has 0 saturated heterocycles. The number of carbonyl (C=O) groups is 3. The van der Waals surface area contributed by atoms with Crippen LogP contribution in [0.4, 0.5) is 5.69 Å². The normalized spacial score (nSPS) is 10.5. The number of rotatable bonds is 10. The number of carboxylic acid groups (broad SMARTS) is 1. The molecule has 0 aliphatic heterocycles. The summed E-state index contributed by atoms with van der Waals surface area (Å²) in [6.45, 7) is 4.93. The lowest BCUT2D eigenvalue weighted by Gasteiger charge is -2.19. The number of hydrogen-bond acceptors (Lipinski definition) is 5. The predicted molar refractivity (Wildman–Crippen MR) is 117 cm³/mol. The molecule has 8 heteroatoms. The van der Waals surface area contributed by atoms with E-state index in [1.165, 1.54) is 25.3 Å². The van der Waals surface area contributed by atoms with Gasteiger partial charge in [0.05, 0.1) is 18.4 Å². The molecule has 0 unspecified atom stereocenters. The van der Waals surface area contributed by atoms with Crippen LogP contribution in [0.3, 0.4) is 0 Å². The molecule has 0 spiro atoms. The molecule has 0 fully saturated rings. The predicted octanol–water partition coefficient (Wildman–Crippen LogP) is 3.29. The summed E-state index contributed by atoms with van der Waals surface area (Å²) in [6, 6.07) is 11.2. The Morgan fingerprint density at radius 3 is 2.42 bits per heavy atom. The molecule has 0 aromatic heterocycles. The van der Waals surface area contributed by atoms with Gasteiger partial charge in [-0.05, 0) is 49.8 Å². The third kappa shape index (κ3) is 6.60. The fourth-order valence-electron chi connectivity index (χ4n) is 2.84. The van der Waals surface area contributed by atoms with Crippen LogP contribution in [-0.2, 0) is 9.59 Å². The van der Waals surface area contributed by atoms with Crippen LogP contribution in [0.2, 0.25) is 0 Å². The third-order valence-electron chi connectivity index (χ3n) is 4.50. The number of anilines is 1. The Morgan fingerprint density at radius 2 is 1.77 bits per heavy atom. The van der Waals surface area contributed by atoms with E-state index in [1.54, 1.807) is 41.3 Å². The highest BCUT2D eigenvalue weighted by molar-refractivity contribution is 6.06. The Balaban J connectivity index is 2.05. The second-order valence-corrected chi connectivity index (χ2v) is 6.44. The molecular weight excluding hydrogens is 400 g/mol. The van der Waals surface area contributed by atoms with E-state index in [1.807, 2.05) is 13.8 Å². The molecule has 8 nitrogen and oxygen atoms in total. The van der Waals surface area contributed by atoms with Gasteiger partial charge in [0.1, 0.15) is 0 Å². The lowest BCUT2D eigenvalue weighted by Crippen LogP contribution is -2.34. The zero-order valence-electron chi connectivity index (χ0n) is 17.8. The summed E-state index contributed by atoms with van der Waals surface area (Å²) in [5, 5.41) is 11.7. The standard InChI is InChI=1S/C23H26N2O6/c1-4-25(5-2)22(27)15-31-19-12-10-16(14-20(19)30-3)11-13-21(26)24-18-9-7-6-8-17(18)23(28)29/h6-14H,4-5,15H2,1-3H3,(H,24,26)(H,28,29)/b13-11+. The van der Waals surface area contributed by atoms with Crippen LogP contribution in [0, 0.1) is 0 Å². The van der Waals surface area contributed by atoms with Crippen LogP contribution in [0.1, 0.15) is 29.8 Å². The maximum absolute atomic E-state index is 12.2. The minimum Gasteiger partial charge on any atom is -0.493 e. The fourth-order valence-corrected chi connectivity index (χ4v) is 2.84. The summed E-state index contributed by atoms with van der Waals surface area (Å²) in [5.41, 5.74) is 0.886.